The van der Waals surface area contributed by atoms with Crippen molar-refractivity contribution >= 4 is 52.6 Å². The highest BCUT2D eigenvalue weighted by Crippen LogP contribution is 2.42. The minimum atomic E-state index is -4.72. The molecule has 2 amide bonds. The van der Waals surface area contributed by atoms with Gasteiger partial charge < -0.3 is 10.4 Å². The summed E-state index contributed by atoms with van der Waals surface area (Å²) in [5.41, 5.74) is -1.22. The fourth-order valence-corrected chi connectivity index (χ4v) is 6.61. The summed E-state index contributed by atoms with van der Waals surface area (Å²) in [5, 5.41) is 23.4. The number of carbonyl (C=O) groups is 3. The van der Waals surface area contributed by atoms with Gasteiger partial charge >= 0.3 is 12.1 Å². The molecule has 0 saturated carbocycles. The minimum absolute atomic E-state index is 0.150. The minimum Gasteiger partial charge on any atom is -0.477 e. The molecule has 0 aromatic carbocycles. The number of hydrogen-bond acceptors (Lipinski definition) is 9. The van der Waals surface area contributed by atoms with Crippen LogP contribution in [-0.4, -0.2) is 70.7 Å². The molecule has 10 nitrogen and oxygen atoms in total. The summed E-state index contributed by atoms with van der Waals surface area (Å²) >= 11 is 3.95. The molecule has 0 bridgehead atoms. The van der Waals surface area contributed by atoms with Crippen molar-refractivity contribution in [1.82, 2.24) is 30.2 Å². The molecule has 176 valence electrons. The lowest BCUT2D eigenvalue weighted by molar-refractivity contribution is -0.148. The first-order chi connectivity index (χ1) is 15.5. The summed E-state index contributed by atoms with van der Waals surface area (Å²) in [7, 11) is 1.18. The van der Waals surface area contributed by atoms with Gasteiger partial charge in [0.05, 0.1) is 0 Å². The molecule has 0 unspecified atom stereocenters. The Hall–Kier alpha value is -2.59. The Balaban J connectivity index is 1.48. The van der Waals surface area contributed by atoms with E-state index in [1.165, 1.54) is 41.9 Å². The van der Waals surface area contributed by atoms with Crippen LogP contribution < -0.4 is 5.32 Å². The van der Waals surface area contributed by atoms with Crippen LogP contribution in [0, 0.1) is 6.92 Å². The molecule has 1 saturated heterocycles. The Morgan fingerprint density at radius 3 is 2.67 bits per heavy atom. The third-order valence-corrected chi connectivity index (χ3v) is 8.21. The third-order valence-electron chi connectivity index (χ3n) is 4.82. The number of alkyl halides is 3. The second kappa shape index (κ2) is 8.64. The summed E-state index contributed by atoms with van der Waals surface area (Å²) in [6, 6.07) is -0.474. The SMILES string of the molecule is Cc1nnc(SCC2=C(C(=O)O)N3C(=O)[C@@H](NC(=O)c4cc(C(F)(F)F)nn4C)[C@@H]3SC2)s1. The van der Waals surface area contributed by atoms with Crippen molar-refractivity contribution in [3.8, 4) is 0 Å². The Morgan fingerprint density at radius 1 is 1.36 bits per heavy atom. The smallest absolute Gasteiger partial charge is 0.435 e. The molecule has 2 aliphatic heterocycles. The first-order valence-corrected chi connectivity index (χ1v) is 12.1. The van der Waals surface area contributed by atoms with E-state index in [0.29, 0.717) is 27.5 Å². The maximum Gasteiger partial charge on any atom is 0.435 e. The topological polar surface area (TPSA) is 130 Å². The molecular weight excluding hydrogens is 505 g/mol. The molecule has 4 rings (SSSR count). The highest BCUT2D eigenvalue weighted by molar-refractivity contribution is 8.01. The number of rotatable bonds is 6. The third kappa shape index (κ3) is 4.46. The summed E-state index contributed by atoms with van der Waals surface area (Å²) in [5.74, 6) is -2.23. The molecular formula is C17H15F3N6O4S3. The molecule has 16 heteroatoms. The van der Waals surface area contributed by atoms with Crippen molar-refractivity contribution < 1.29 is 32.7 Å². The van der Waals surface area contributed by atoms with Crippen LogP contribution in [0.1, 0.15) is 21.2 Å². The van der Waals surface area contributed by atoms with Gasteiger partial charge in [0.15, 0.2) is 10.0 Å². The summed E-state index contributed by atoms with van der Waals surface area (Å²) < 4.78 is 40.0. The van der Waals surface area contributed by atoms with Crippen LogP contribution in [-0.2, 0) is 22.8 Å². The van der Waals surface area contributed by atoms with Crippen molar-refractivity contribution in [1.29, 1.82) is 0 Å². The number of nitrogens with zero attached hydrogens (tertiary/aromatic N) is 5. The molecule has 2 atom stereocenters. The van der Waals surface area contributed by atoms with Gasteiger partial charge in [0, 0.05) is 24.6 Å². The predicted molar refractivity (Wildman–Crippen MR) is 113 cm³/mol. The molecule has 2 aliphatic rings. The zero-order chi connectivity index (χ0) is 24.1. The Bertz CT molecular complexity index is 1180. The fourth-order valence-electron chi connectivity index (χ4n) is 3.31. The van der Waals surface area contributed by atoms with Gasteiger partial charge in [-0.3, -0.25) is 19.2 Å². The molecule has 1 fully saturated rings. The van der Waals surface area contributed by atoms with Crippen LogP contribution in [0.5, 0.6) is 0 Å². The van der Waals surface area contributed by atoms with E-state index in [0.717, 1.165) is 14.6 Å². The Kier molecular flexibility index (Phi) is 6.17. The molecule has 0 radical (unpaired) electrons. The summed E-state index contributed by atoms with van der Waals surface area (Å²) in [4.78, 5) is 38.2. The van der Waals surface area contributed by atoms with Gasteiger partial charge in [-0.2, -0.15) is 18.3 Å². The normalized spacial score (nSPS) is 20.5. The molecule has 0 aliphatic carbocycles. The number of nitrogens with one attached hydrogen (secondary N) is 1. The molecule has 4 heterocycles. The number of aromatic nitrogens is 4. The average molecular weight is 521 g/mol. The summed E-state index contributed by atoms with van der Waals surface area (Å²) in [6.45, 7) is 1.80. The monoisotopic (exact) mass is 520 g/mol. The highest BCUT2D eigenvalue weighted by Gasteiger charge is 2.54. The van der Waals surface area contributed by atoms with Crippen molar-refractivity contribution in [2.75, 3.05) is 11.5 Å². The van der Waals surface area contributed by atoms with Gasteiger partial charge in [-0.15, -0.1) is 22.0 Å². The van der Waals surface area contributed by atoms with Crippen molar-refractivity contribution in [3.05, 3.63) is 33.7 Å². The van der Waals surface area contributed by atoms with Crippen LogP contribution in [0.15, 0.2) is 21.7 Å². The summed E-state index contributed by atoms with van der Waals surface area (Å²) in [6.07, 6.45) is -4.72. The van der Waals surface area contributed by atoms with Crippen LogP contribution >= 0.6 is 34.9 Å². The van der Waals surface area contributed by atoms with E-state index in [2.05, 4.69) is 20.6 Å². The molecule has 33 heavy (non-hydrogen) atoms. The van der Waals surface area contributed by atoms with Crippen molar-refractivity contribution in [2.24, 2.45) is 7.05 Å². The lowest BCUT2D eigenvalue weighted by atomic mass is 10.0. The largest absolute Gasteiger partial charge is 0.477 e. The first-order valence-electron chi connectivity index (χ1n) is 9.22. The van der Waals surface area contributed by atoms with E-state index in [1.807, 2.05) is 0 Å². The number of fused-ring (bicyclic) bond motifs is 1. The Labute approximate surface area is 196 Å². The van der Waals surface area contributed by atoms with E-state index in [4.69, 9.17) is 0 Å². The average Bonchev–Trinajstić information content (AvgIpc) is 3.34. The lowest BCUT2D eigenvalue weighted by Crippen LogP contribution is -2.70. The number of halogens is 3. The van der Waals surface area contributed by atoms with Gasteiger partial charge in [0.25, 0.3) is 11.8 Å². The number of aryl methyl sites for hydroxylation is 2. The number of thioether (sulfide) groups is 2. The van der Waals surface area contributed by atoms with E-state index in [9.17, 15) is 32.7 Å². The maximum atomic E-state index is 12.9. The number of carboxylic acid groups (broad SMARTS) is 1. The first kappa shape index (κ1) is 23.6. The zero-order valence-electron chi connectivity index (χ0n) is 16.9. The van der Waals surface area contributed by atoms with Crippen LogP contribution in [0.3, 0.4) is 0 Å². The van der Waals surface area contributed by atoms with Crippen molar-refractivity contribution in [3.63, 3.8) is 0 Å². The standard InChI is InChI=1S/C17H15F3N6O4S3/c1-6-22-23-16(33-6)32-5-7-4-31-14-10(13(28)26(14)11(7)15(29)30)21-12(27)8-3-9(17(18,19)20)24-25(8)2/h3,10,14H,4-5H2,1-2H3,(H,21,27)(H,29,30)/t10-,14+/m1/s1. The number of aliphatic carboxylic acids is 1. The number of carboxylic acids is 1. The van der Waals surface area contributed by atoms with Crippen LogP contribution in [0.25, 0.3) is 0 Å². The fraction of sp³-hybridized carbons (Fsp3) is 0.412. The molecule has 2 aromatic rings. The van der Waals surface area contributed by atoms with E-state index in [-0.39, 0.29) is 11.4 Å². The van der Waals surface area contributed by atoms with Crippen molar-refractivity contribution in [2.45, 2.75) is 28.9 Å². The quantitative estimate of drug-likeness (QED) is 0.432. The Morgan fingerprint density at radius 2 is 2.09 bits per heavy atom. The van der Waals surface area contributed by atoms with E-state index in [1.54, 1.807) is 6.92 Å². The number of β-lactam (4-membered cyclic amide) rings is 1. The van der Waals surface area contributed by atoms with E-state index < -0.39 is 41.1 Å². The highest BCUT2D eigenvalue weighted by atomic mass is 32.2. The van der Waals surface area contributed by atoms with Crippen LogP contribution in [0.2, 0.25) is 0 Å². The molecule has 2 N–H and O–H groups in total. The predicted octanol–water partition coefficient (Wildman–Crippen LogP) is 1.74. The van der Waals surface area contributed by atoms with Gasteiger partial charge in [-0.1, -0.05) is 23.1 Å². The number of hydrogen-bond donors (Lipinski definition) is 2. The molecule has 0 spiro atoms. The maximum absolute atomic E-state index is 12.9. The second-order valence-corrected chi connectivity index (χ2v) is 10.5. The number of amides is 2. The second-order valence-electron chi connectivity index (χ2n) is 7.03. The van der Waals surface area contributed by atoms with Gasteiger partial charge in [0.2, 0.25) is 0 Å². The van der Waals surface area contributed by atoms with E-state index >= 15 is 0 Å². The zero-order valence-corrected chi connectivity index (χ0v) is 19.4. The van der Waals surface area contributed by atoms with Gasteiger partial charge in [0.1, 0.15) is 27.8 Å². The lowest BCUT2D eigenvalue weighted by Gasteiger charge is -2.49. The molecule has 2 aromatic heterocycles. The van der Waals surface area contributed by atoms with Gasteiger partial charge in [-0.05, 0) is 12.5 Å². The van der Waals surface area contributed by atoms with Gasteiger partial charge in [-0.25, -0.2) is 4.79 Å². The van der Waals surface area contributed by atoms with Crippen LogP contribution in [0.4, 0.5) is 13.2 Å². The number of carbonyl (C=O) groups excluding carboxylic acids is 2.